The molecule has 2 unspecified atom stereocenters. The second kappa shape index (κ2) is 7.21. The number of benzene rings is 1. The fourth-order valence-electron chi connectivity index (χ4n) is 3.66. The third kappa shape index (κ3) is 3.53. The van der Waals surface area contributed by atoms with Crippen molar-refractivity contribution in [2.75, 3.05) is 32.0 Å². The summed E-state index contributed by atoms with van der Waals surface area (Å²) >= 11 is 0. The fourth-order valence-corrected chi connectivity index (χ4v) is 3.66. The van der Waals surface area contributed by atoms with Crippen molar-refractivity contribution in [3.8, 4) is 0 Å². The van der Waals surface area contributed by atoms with Crippen LogP contribution in [0.15, 0.2) is 24.3 Å². The molecule has 2 saturated heterocycles. The van der Waals surface area contributed by atoms with Crippen molar-refractivity contribution < 1.29 is 9.59 Å². The van der Waals surface area contributed by atoms with Gasteiger partial charge in [-0.2, -0.15) is 0 Å². The third-order valence-corrected chi connectivity index (χ3v) is 5.17. The molecule has 6 heteroatoms. The van der Waals surface area contributed by atoms with Gasteiger partial charge in [-0.25, -0.2) is 4.79 Å². The van der Waals surface area contributed by atoms with Crippen molar-refractivity contribution in [3.05, 3.63) is 29.8 Å². The number of urea groups is 1. The molecule has 2 aliphatic heterocycles. The molecule has 0 saturated carbocycles. The molecule has 130 valence electrons. The summed E-state index contributed by atoms with van der Waals surface area (Å²) in [4.78, 5) is 28.6. The summed E-state index contributed by atoms with van der Waals surface area (Å²) < 4.78 is 0. The first-order valence-corrected chi connectivity index (χ1v) is 8.74. The second-order valence-electron chi connectivity index (χ2n) is 6.65. The molecule has 1 aromatic carbocycles. The van der Waals surface area contributed by atoms with Gasteiger partial charge in [0.05, 0.1) is 0 Å². The summed E-state index contributed by atoms with van der Waals surface area (Å²) in [6.45, 7) is 4.07. The number of likely N-dealkylation sites (N-methyl/N-ethyl adjacent to an activating group) is 1. The number of carbonyl (C=O) groups is 2. The summed E-state index contributed by atoms with van der Waals surface area (Å²) in [6, 6.07) is 8.06. The van der Waals surface area contributed by atoms with Crippen LogP contribution in [0, 0.1) is 0 Å². The molecule has 6 nitrogen and oxygen atoms in total. The van der Waals surface area contributed by atoms with Crippen LogP contribution in [0.1, 0.15) is 36.5 Å². The van der Waals surface area contributed by atoms with Crippen LogP contribution in [0.4, 0.5) is 10.5 Å². The molecule has 3 rings (SSSR count). The first kappa shape index (κ1) is 16.8. The van der Waals surface area contributed by atoms with Gasteiger partial charge in [0, 0.05) is 43.0 Å². The predicted octanol–water partition coefficient (Wildman–Crippen LogP) is 2.14. The Morgan fingerprint density at radius 3 is 2.54 bits per heavy atom. The van der Waals surface area contributed by atoms with Gasteiger partial charge in [0.1, 0.15) is 0 Å². The predicted molar refractivity (Wildman–Crippen MR) is 94.2 cm³/mol. The van der Waals surface area contributed by atoms with E-state index in [0.29, 0.717) is 24.2 Å². The number of hydrogen-bond donors (Lipinski definition) is 2. The quantitative estimate of drug-likeness (QED) is 0.892. The molecule has 2 atom stereocenters. The number of likely N-dealkylation sites (tertiary alicyclic amines) is 1. The molecular weight excluding hydrogens is 304 g/mol. The van der Waals surface area contributed by atoms with Gasteiger partial charge in [-0.05, 0) is 57.5 Å². The molecule has 2 heterocycles. The minimum absolute atomic E-state index is 0.0540. The van der Waals surface area contributed by atoms with Gasteiger partial charge in [0.25, 0.3) is 5.91 Å². The highest BCUT2D eigenvalue weighted by Crippen LogP contribution is 2.28. The van der Waals surface area contributed by atoms with Gasteiger partial charge < -0.3 is 15.5 Å². The summed E-state index contributed by atoms with van der Waals surface area (Å²) in [5.41, 5.74) is 1.32. The van der Waals surface area contributed by atoms with Crippen LogP contribution < -0.4 is 10.6 Å². The average Bonchev–Trinajstić information content (AvgIpc) is 2.80. The average molecular weight is 330 g/mol. The van der Waals surface area contributed by atoms with Gasteiger partial charge in [-0.15, -0.1) is 0 Å². The van der Waals surface area contributed by atoms with E-state index in [9.17, 15) is 9.59 Å². The minimum atomic E-state index is -0.0954. The Balaban J connectivity index is 1.59. The van der Waals surface area contributed by atoms with Crippen molar-refractivity contribution in [3.63, 3.8) is 0 Å². The van der Waals surface area contributed by atoms with Crippen LogP contribution in [0.25, 0.3) is 0 Å². The Labute approximate surface area is 143 Å². The van der Waals surface area contributed by atoms with Gasteiger partial charge in [-0.1, -0.05) is 0 Å². The van der Waals surface area contributed by atoms with E-state index >= 15 is 0 Å². The van der Waals surface area contributed by atoms with E-state index in [-0.39, 0.29) is 11.9 Å². The minimum Gasteiger partial charge on any atom is -0.352 e. The molecule has 2 aliphatic rings. The highest BCUT2D eigenvalue weighted by molar-refractivity contribution is 5.95. The second-order valence-corrected chi connectivity index (χ2v) is 6.65. The number of anilines is 1. The van der Waals surface area contributed by atoms with Crippen LogP contribution in [0.2, 0.25) is 0 Å². The van der Waals surface area contributed by atoms with Gasteiger partial charge in [0.2, 0.25) is 0 Å². The van der Waals surface area contributed by atoms with Crippen molar-refractivity contribution in [2.45, 2.75) is 38.3 Å². The Morgan fingerprint density at radius 1 is 1.12 bits per heavy atom. The molecule has 0 spiro atoms. The Kier molecular flexibility index (Phi) is 5.04. The lowest BCUT2D eigenvalue weighted by atomic mass is 10.1. The van der Waals surface area contributed by atoms with Crippen molar-refractivity contribution in [1.82, 2.24) is 15.1 Å². The molecule has 0 radical (unpaired) electrons. The number of rotatable bonds is 3. The summed E-state index contributed by atoms with van der Waals surface area (Å²) in [6.07, 6.45) is 3.46. The first-order valence-electron chi connectivity index (χ1n) is 8.74. The van der Waals surface area contributed by atoms with E-state index in [0.717, 1.165) is 25.2 Å². The number of amides is 3. The lowest BCUT2D eigenvalue weighted by Crippen LogP contribution is -2.41. The zero-order valence-electron chi connectivity index (χ0n) is 14.4. The van der Waals surface area contributed by atoms with E-state index in [4.69, 9.17) is 0 Å². The van der Waals surface area contributed by atoms with E-state index in [1.54, 1.807) is 24.3 Å². The molecule has 1 aromatic rings. The van der Waals surface area contributed by atoms with Crippen LogP contribution in [-0.2, 0) is 0 Å². The van der Waals surface area contributed by atoms with Crippen LogP contribution >= 0.6 is 0 Å². The Bertz CT molecular complexity index is 602. The lowest BCUT2D eigenvalue weighted by Gasteiger charge is -2.26. The molecule has 3 amide bonds. The number of nitrogens with zero attached hydrogens (tertiary/aromatic N) is 2. The highest BCUT2D eigenvalue weighted by Gasteiger charge is 2.35. The summed E-state index contributed by atoms with van der Waals surface area (Å²) in [5, 5.41) is 5.71. The lowest BCUT2D eigenvalue weighted by molar-refractivity contribution is 0.0956. The van der Waals surface area contributed by atoms with Crippen LogP contribution in [-0.4, -0.2) is 60.5 Å². The summed E-state index contributed by atoms with van der Waals surface area (Å²) in [7, 11) is 2.17. The zero-order valence-corrected chi connectivity index (χ0v) is 14.4. The summed E-state index contributed by atoms with van der Waals surface area (Å²) in [5.74, 6) is -0.0954. The van der Waals surface area contributed by atoms with Gasteiger partial charge in [0.15, 0.2) is 0 Å². The molecule has 2 N–H and O–H groups in total. The fraction of sp³-hybridized carbons (Fsp3) is 0.556. The smallest absolute Gasteiger partial charge is 0.321 e. The van der Waals surface area contributed by atoms with Crippen molar-refractivity contribution >= 4 is 17.6 Å². The standard InChI is InChI=1S/C18H26N4O2/c1-3-19-17(23)13-4-6-14(7-5-13)20-18(24)22-11-10-15-8-9-16(12-22)21(15)2/h4-7,15-16H,3,8-12H2,1-2H3,(H,19,23)(H,20,24). The van der Waals surface area contributed by atoms with Gasteiger partial charge in [-0.3, -0.25) is 9.69 Å². The van der Waals surface area contributed by atoms with Crippen molar-refractivity contribution in [2.24, 2.45) is 0 Å². The molecule has 24 heavy (non-hydrogen) atoms. The highest BCUT2D eigenvalue weighted by atomic mass is 16.2. The zero-order chi connectivity index (χ0) is 17.1. The van der Waals surface area contributed by atoms with Crippen LogP contribution in [0.3, 0.4) is 0 Å². The molecule has 2 bridgehead atoms. The number of carbonyl (C=O) groups excluding carboxylic acids is 2. The Morgan fingerprint density at radius 2 is 1.83 bits per heavy atom. The van der Waals surface area contributed by atoms with E-state index in [2.05, 4.69) is 22.6 Å². The number of hydrogen-bond acceptors (Lipinski definition) is 3. The molecule has 0 aliphatic carbocycles. The topological polar surface area (TPSA) is 64.7 Å². The number of nitrogens with one attached hydrogen (secondary N) is 2. The molecular formula is C18H26N4O2. The SMILES string of the molecule is CCNC(=O)c1ccc(NC(=O)N2CCC3CCC(C2)N3C)cc1. The maximum Gasteiger partial charge on any atom is 0.321 e. The van der Waals surface area contributed by atoms with Crippen LogP contribution in [0.5, 0.6) is 0 Å². The monoisotopic (exact) mass is 330 g/mol. The largest absolute Gasteiger partial charge is 0.352 e. The van der Waals surface area contributed by atoms with Crippen molar-refractivity contribution in [1.29, 1.82) is 0 Å². The first-order chi connectivity index (χ1) is 11.6. The normalized spacial score (nSPS) is 23.7. The van der Waals surface area contributed by atoms with E-state index < -0.39 is 0 Å². The Hall–Kier alpha value is -2.08. The molecule has 2 fully saturated rings. The molecule has 0 aromatic heterocycles. The van der Waals surface area contributed by atoms with E-state index in [1.807, 2.05) is 11.8 Å². The van der Waals surface area contributed by atoms with Gasteiger partial charge >= 0.3 is 6.03 Å². The maximum absolute atomic E-state index is 12.5. The number of fused-ring (bicyclic) bond motifs is 2. The van der Waals surface area contributed by atoms with E-state index in [1.165, 1.54) is 12.8 Å². The maximum atomic E-state index is 12.5. The third-order valence-electron chi connectivity index (χ3n) is 5.17.